The zero-order valence-electron chi connectivity index (χ0n) is 16.3. The van der Waals surface area contributed by atoms with E-state index in [4.69, 9.17) is 0 Å². The predicted molar refractivity (Wildman–Crippen MR) is 107 cm³/mol. The van der Waals surface area contributed by atoms with Crippen molar-refractivity contribution in [3.63, 3.8) is 0 Å². The fourth-order valence-electron chi connectivity index (χ4n) is 4.05. The van der Waals surface area contributed by atoms with Gasteiger partial charge in [-0.2, -0.15) is 5.10 Å². The first-order valence-electron chi connectivity index (χ1n) is 9.77. The third-order valence-corrected chi connectivity index (χ3v) is 5.48. The number of rotatable bonds is 3. The van der Waals surface area contributed by atoms with E-state index in [1.165, 1.54) is 5.56 Å². The number of aromatic nitrogens is 3. The normalized spacial score (nSPS) is 17.4. The Morgan fingerprint density at radius 3 is 2.81 bits per heavy atom. The van der Waals surface area contributed by atoms with Gasteiger partial charge in [-0.3, -0.25) is 14.5 Å². The van der Waals surface area contributed by atoms with Gasteiger partial charge < -0.3 is 4.90 Å². The van der Waals surface area contributed by atoms with Crippen LogP contribution in [0.1, 0.15) is 59.5 Å². The number of benzene rings is 1. The Bertz CT molecular complexity index is 991. The van der Waals surface area contributed by atoms with Crippen LogP contribution in [-0.4, -0.2) is 32.1 Å². The zero-order valence-corrected chi connectivity index (χ0v) is 16.3. The van der Waals surface area contributed by atoms with Gasteiger partial charge in [0.05, 0.1) is 22.8 Å². The Kier molecular flexibility index (Phi) is 4.68. The first-order chi connectivity index (χ1) is 13.1. The summed E-state index contributed by atoms with van der Waals surface area (Å²) in [6.45, 7) is 4.86. The van der Waals surface area contributed by atoms with Crippen LogP contribution in [0.5, 0.6) is 0 Å². The molecule has 0 aliphatic carbocycles. The van der Waals surface area contributed by atoms with Crippen molar-refractivity contribution in [1.29, 1.82) is 0 Å². The Hall–Kier alpha value is -2.69. The van der Waals surface area contributed by atoms with Crippen LogP contribution in [0.2, 0.25) is 0 Å². The van der Waals surface area contributed by atoms with Crippen LogP contribution in [0.25, 0.3) is 10.9 Å². The summed E-state index contributed by atoms with van der Waals surface area (Å²) < 4.78 is 1.81. The molecule has 0 N–H and O–H groups in total. The quantitative estimate of drug-likeness (QED) is 0.701. The summed E-state index contributed by atoms with van der Waals surface area (Å²) in [5, 5.41) is 5.53. The van der Waals surface area contributed by atoms with Gasteiger partial charge in [-0.05, 0) is 62.4 Å². The first-order valence-corrected chi connectivity index (χ1v) is 9.77. The molecule has 3 aromatic rings. The van der Waals surface area contributed by atoms with Crippen molar-refractivity contribution in [1.82, 2.24) is 19.7 Å². The first kappa shape index (κ1) is 17.7. The molecule has 0 radical (unpaired) electrons. The number of nitrogens with zero attached hydrogens (tertiary/aromatic N) is 4. The number of pyridine rings is 1. The van der Waals surface area contributed by atoms with Crippen molar-refractivity contribution in [2.75, 3.05) is 6.54 Å². The third-order valence-electron chi connectivity index (χ3n) is 5.48. The minimum Gasteiger partial charge on any atom is -0.330 e. The van der Waals surface area contributed by atoms with Crippen LogP contribution in [0.4, 0.5) is 0 Å². The lowest BCUT2D eigenvalue weighted by Gasteiger charge is -2.35. The predicted octanol–water partition coefficient (Wildman–Crippen LogP) is 4.21. The molecule has 1 fully saturated rings. The fourth-order valence-corrected chi connectivity index (χ4v) is 4.05. The maximum absolute atomic E-state index is 13.6. The number of likely N-dealkylation sites (tertiary alicyclic amines) is 1. The van der Waals surface area contributed by atoms with Crippen LogP contribution in [0, 0.1) is 6.92 Å². The van der Waals surface area contributed by atoms with E-state index in [0.717, 1.165) is 60.1 Å². The molecule has 0 unspecified atom stereocenters. The lowest BCUT2D eigenvalue weighted by molar-refractivity contribution is 0.0607. The van der Waals surface area contributed by atoms with E-state index in [2.05, 4.69) is 29.1 Å². The van der Waals surface area contributed by atoms with Gasteiger partial charge >= 0.3 is 0 Å². The van der Waals surface area contributed by atoms with Crippen molar-refractivity contribution < 1.29 is 4.79 Å². The van der Waals surface area contributed by atoms with E-state index in [1.807, 2.05) is 47.9 Å². The second kappa shape index (κ2) is 7.14. The molecule has 2 aromatic heterocycles. The number of carbonyl (C=O) groups excluding carboxylic acids is 1. The number of fused-ring (bicyclic) bond motifs is 1. The highest BCUT2D eigenvalue weighted by molar-refractivity contribution is 6.06. The van der Waals surface area contributed by atoms with Crippen LogP contribution < -0.4 is 0 Å². The molecule has 1 aromatic carbocycles. The van der Waals surface area contributed by atoms with Crippen molar-refractivity contribution >= 4 is 16.8 Å². The molecule has 140 valence electrons. The highest BCUT2D eigenvalue weighted by Crippen LogP contribution is 2.32. The molecule has 27 heavy (non-hydrogen) atoms. The highest BCUT2D eigenvalue weighted by atomic mass is 16.2. The zero-order chi connectivity index (χ0) is 19.0. The molecule has 3 heterocycles. The SMILES string of the molecule is CCc1ccc2nc(C)cc(C(=O)N3CCCC[C@@H]3c3ccn(C)n3)c2c1. The lowest BCUT2D eigenvalue weighted by atomic mass is 9.96. The minimum atomic E-state index is 0.0466. The van der Waals surface area contributed by atoms with E-state index >= 15 is 0 Å². The number of hydrogen-bond donors (Lipinski definition) is 0. The number of piperidine rings is 1. The molecule has 0 saturated carbocycles. The van der Waals surface area contributed by atoms with Crippen LogP contribution in [-0.2, 0) is 13.5 Å². The smallest absolute Gasteiger partial charge is 0.255 e. The molecule has 5 heteroatoms. The van der Waals surface area contributed by atoms with Gasteiger partial charge in [-0.1, -0.05) is 13.0 Å². The second-order valence-electron chi connectivity index (χ2n) is 7.44. The minimum absolute atomic E-state index is 0.0466. The lowest BCUT2D eigenvalue weighted by Crippen LogP contribution is -2.39. The highest BCUT2D eigenvalue weighted by Gasteiger charge is 2.31. The molecule has 0 bridgehead atoms. The maximum Gasteiger partial charge on any atom is 0.255 e. The number of hydrogen-bond acceptors (Lipinski definition) is 3. The van der Waals surface area contributed by atoms with E-state index < -0.39 is 0 Å². The van der Waals surface area contributed by atoms with Crippen LogP contribution >= 0.6 is 0 Å². The molecular formula is C22H26N4O. The summed E-state index contributed by atoms with van der Waals surface area (Å²) in [7, 11) is 1.92. The molecule has 0 spiro atoms. The number of aryl methyl sites for hydroxylation is 3. The van der Waals surface area contributed by atoms with Crippen molar-refractivity contribution in [3.05, 3.63) is 59.0 Å². The molecule has 4 rings (SSSR count). The Balaban J connectivity index is 1.78. The summed E-state index contributed by atoms with van der Waals surface area (Å²) in [6.07, 6.45) is 6.02. The summed E-state index contributed by atoms with van der Waals surface area (Å²) >= 11 is 0. The molecule has 1 atom stereocenters. The van der Waals surface area contributed by atoms with Gasteiger partial charge in [-0.15, -0.1) is 0 Å². The molecule has 1 aliphatic rings. The molecule has 1 aliphatic heterocycles. The Morgan fingerprint density at radius 2 is 2.07 bits per heavy atom. The van der Waals surface area contributed by atoms with Crippen molar-refractivity contribution in [2.45, 2.75) is 45.6 Å². The van der Waals surface area contributed by atoms with Gasteiger partial charge in [0.25, 0.3) is 5.91 Å². The number of carbonyl (C=O) groups is 1. The fraction of sp³-hybridized carbons (Fsp3) is 0.409. The summed E-state index contributed by atoms with van der Waals surface area (Å²) in [4.78, 5) is 20.3. The van der Waals surface area contributed by atoms with E-state index in [9.17, 15) is 4.79 Å². The molecule has 1 amide bonds. The van der Waals surface area contributed by atoms with E-state index in [-0.39, 0.29) is 11.9 Å². The standard InChI is InChI=1S/C22H26N4O/c1-4-16-8-9-19-17(14-16)18(13-15(2)23-19)22(27)26-11-6-5-7-21(26)20-10-12-25(3)24-20/h8-10,12-14,21H,4-7,11H2,1-3H3/t21-/m1/s1. The average Bonchev–Trinajstić information content (AvgIpc) is 3.12. The third kappa shape index (κ3) is 3.34. The van der Waals surface area contributed by atoms with E-state index in [1.54, 1.807) is 0 Å². The van der Waals surface area contributed by atoms with Gasteiger partial charge in [0.15, 0.2) is 0 Å². The number of amides is 1. The molecular weight excluding hydrogens is 336 g/mol. The Morgan fingerprint density at radius 1 is 1.22 bits per heavy atom. The van der Waals surface area contributed by atoms with Gasteiger partial charge in [-0.25, -0.2) is 0 Å². The molecule has 1 saturated heterocycles. The van der Waals surface area contributed by atoms with Crippen molar-refractivity contribution in [3.8, 4) is 0 Å². The summed E-state index contributed by atoms with van der Waals surface area (Å²) in [6, 6.07) is 10.3. The average molecular weight is 362 g/mol. The monoisotopic (exact) mass is 362 g/mol. The topological polar surface area (TPSA) is 51.0 Å². The van der Waals surface area contributed by atoms with Gasteiger partial charge in [0.1, 0.15) is 0 Å². The van der Waals surface area contributed by atoms with Crippen molar-refractivity contribution in [2.24, 2.45) is 7.05 Å². The largest absolute Gasteiger partial charge is 0.330 e. The summed E-state index contributed by atoms with van der Waals surface area (Å²) in [5.41, 5.74) is 4.73. The second-order valence-corrected chi connectivity index (χ2v) is 7.44. The summed E-state index contributed by atoms with van der Waals surface area (Å²) in [5.74, 6) is 0.0918. The molecule has 5 nitrogen and oxygen atoms in total. The van der Waals surface area contributed by atoms with Gasteiger partial charge in [0.2, 0.25) is 0 Å². The van der Waals surface area contributed by atoms with Gasteiger partial charge in [0, 0.05) is 30.9 Å². The Labute approximate surface area is 160 Å². The van der Waals surface area contributed by atoms with Crippen LogP contribution in [0.15, 0.2) is 36.5 Å². The van der Waals surface area contributed by atoms with E-state index in [0.29, 0.717) is 0 Å². The maximum atomic E-state index is 13.6. The van der Waals surface area contributed by atoms with Crippen LogP contribution in [0.3, 0.4) is 0 Å².